The zero-order valence-electron chi connectivity index (χ0n) is 13.9. The van der Waals surface area contributed by atoms with Crippen LogP contribution in [0.25, 0.3) is 0 Å². The van der Waals surface area contributed by atoms with Gasteiger partial charge in [0.1, 0.15) is 16.5 Å². The van der Waals surface area contributed by atoms with Gasteiger partial charge < -0.3 is 10.1 Å². The molecule has 2 amide bonds. The van der Waals surface area contributed by atoms with Gasteiger partial charge in [0.15, 0.2) is 0 Å². The van der Waals surface area contributed by atoms with Gasteiger partial charge in [-0.2, -0.15) is 0 Å². The van der Waals surface area contributed by atoms with E-state index in [0.717, 1.165) is 16.0 Å². The second kappa shape index (κ2) is 6.99. The van der Waals surface area contributed by atoms with Crippen molar-refractivity contribution in [3.05, 3.63) is 70.4 Å². The molecule has 2 aromatic rings. The summed E-state index contributed by atoms with van der Waals surface area (Å²) < 4.78 is 5.29. The number of hydrogen-bond acceptors (Lipinski definition) is 4. The molecule has 0 aliphatic carbocycles. The van der Waals surface area contributed by atoms with Crippen LogP contribution in [-0.2, 0) is 16.1 Å². The summed E-state index contributed by atoms with van der Waals surface area (Å²) in [5.74, 6) is -0.406. The van der Waals surface area contributed by atoms with Crippen LogP contribution in [0.2, 0.25) is 0 Å². The van der Waals surface area contributed by atoms with Gasteiger partial charge in [-0.1, -0.05) is 48.0 Å². The van der Waals surface area contributed by atoms with Crippen molar-refractivity contribution in [2.24, 2.45) is 0 Å². The summed E-state index contributed by atoms with van der Waals surface area (Å²) in [5, 5.41) is 2.84. The molecule has 128 valence electrons. The van der Waals surface area contributed by atoms with Gasteiger partial charge in [0.2, 0.25) is 0 Å². The summed E-state index contributed by atoms with van der Waals surface area (Å²) in [6.45, 7) is 2.09. The van der Waals surface area contributed by atoms with Crippen LogP contribution < -0.4 is 10.1 Å². The number of aryl methyl sites for hydroxylation is 1. The highest BCUT2D eigenvalue weighted by molar-refractivity contribution is 6.48. The Balaban J connectivity index is 1.86. The summed E-state index contributed by atoms with van der Waals surface area (Å²) in [6, 6.07) is 14.8. The van der Waals surface area contributed by atoms with Crippen LogP contribution >= 0.6 is 11.6 Å². The van der Waals surface area contributed by atoms with Crippen LogP contribution in [0.4, 0.5) is 5.69 Å². The molecule has 1 aliphatic rings. The number of nitrogens with one attached hydrogen (secondary N) is 1. The molecular formula is C19H17ClN2O3. The minimum Gasteiger partial charge on any atom is -0.495 e. The zero-order valence-corrected chi connectivity index (χ0v) is 14.6. The maximum atomic E-state index is 12.7. The fraction of sp³-hybridized carbons (Fsp3) is 0.158. The van der Waals surface area contributed by atoms with Crippen LogP contribution in [-0.4, -0.2) is 23.8 Å². The Hall–Kier alpha value is -2.79. The molecule has 0 bridgehead atoms. The molecule has 1 N–H and O–H groups in total. The Labute approximate surface area is 150 Å². The van der Waals surface area contributed by atoms with E-state index in [9.17, 15) is 9.59 Å². The second-order valence-electron chi connectivity index (χ2n) is 5.70. The van der Waals surface area contributed by atoms with E-state index in [1.165, 1.54) is 7.11 Å². The molecular weight excluding hydrogens is 340 g/mol. The number of methoxy groups -OCH3 is 1. The van der Waals surface area contributed by atoms with Crippen LogP contribution in [0.1, 0.15) is 11.1 Å². The molecule has 3 rings (SSSR count). The number of ether oxygens (including phenoxy) is 1. The maximum absolute atomic E-state index is 12.7. The van der Waals surface area contributed by atoms with Gasteiger partial charge in [-0.15, -0.1) is 0 Å². The number of halogens is 1. The van der Waals surface area contributed by atoms with Gasteiger partial charge >= 0.3 is 0 Å². The Morgan fingerprint density at radius 2 is 1.80 bits per heavy atom. The predicted molar refractivity (Wildman–Crippen MR) is 96.2 cm³/mol. The van der Waals surface area contributed by atoms with Gasteiger partial charge in [0.25, 0.3) is 11.8 Å². The van der Waals surface area contributed by atoms with Crippen molar-refractivity contribution in [2.45, 2.75) is 13.5 Å². The number of amides is 2. The first-order valence-corrected chi connectivity index (χ1v) is 8.10. The van der Waals surface area contributed by atoms with E-state index in [1.54, 1.807) is 6.07 Å². The fourth-order valence-electron chi connectivity index (χ4n) is 2.62. The lowest BCUT2D eigenvalue weighted by Crippen LogP contribution is -2.31. The number of imide groups is 1. The van der Waals surface area contributed by atoms with Crippen molar-refractivity contribution in [3.63, 3.8) is 0 Å². The van der Waals surface area contributed by atoms with Crippen LogP contribution in [0.3, 0.4) is 0 Å². The molecule has 1 aliphatic heterocycles. The lowest BCUT2D eigenvalue weighted by Gasteiger charge is -2.16. The molecule has 0 unspecified atom stereocenters. The molecule has 0 fully saturated rings. The van der Waals surface area contributed by atoms with Crippen molar-refractivity contribution in [1.82, 2.24) is 4.90 Å². The van der Waals surface area contributed by atoms with E-state index < -0.39 is 11.8 Å². The number of nitrogens with zero attached hydrogens (tertiary/aromatic N) is 1. The lowest BCUT2D eigenvalue weighted by molar-refractivity contribution is -0.138. The van der Waals surface area contributed by atoms with Crippen molar-refractivity contribution < 1.29 is 14.3 Å². The van der Waals surface area contributed by atoms with E-state index in [2.05, 4.69) is 5.32 Å². The van der Waals surface area contributed by atoms with Gasteiger partial charge in [-0.3, -0.25) is 14.5 Å². The van der Waals surface area contributed by atoms with E-state index in [-0.39, 0.29) is 17.3 Å². The minimum atomic E-state index is -0.510. The zero-order chi connectivity index (χ0) is 18.0. The van der Waals surface area contributed by atoms with Crippen molar-refractivity contribution in [3.8, 4) is 5.75 Å². The molecule has 0 saturated carbocycles. The van der Waals surface area contributed by atoms with Crippen molar-refractivity contribution in [2.75, 3.05) is 12.4 Å². The molecule has 5 nitrogen and oxygen atoms in total. The fourth-order valence-corrected chi connectivity index (χ4v) is 2.85. The van der Waals surface area contributed by atoms with Crippen LogP contribution in [0.5, 0.6) is 5.75 Å². The smallest absolute Gasteiger partial charge is 0.279 e. The average Bonchev–Trinajstić information content (AvgIpc) is 2.81. The van der Waals surface area contributed by atoms with E-state index in [1.807, 2.05) is 49.4 Å². The third-order valence-corrected chi connectivity index (χ3v) is 4.26. The summed E-state index contributed by atoms with van der Waals surface area (Å²) >= 11 is 6.13. The molecule has 0 saturated heterocycles. The molecule has 25 heavy (non-hydrogen) atoms. The Bertz CT molecular complexity index is 862. The Morgan fingerprint density at radius 3 is 2.48 bits per heavy atom. The first kappa shape index (κ1) is 17.0. The maximum Gasteiger partial charge on any atom is 0.279 e. The summed E-state index contributed by atoms with van der Waals surface area (Å²) in [4.78, 5) is 26.2. The van der Waals surface area contributed by atoms with Crippen LogP contribution in [0.15, 0.2) is 59.3 Å². The summed E-state index contributed by atoms with van der Waals surface area (Å²) in [5.41, 5.74) is 2.48. The number of anilines is 1. The topological polar surface area (TPSA) is 58.6 Å². The third kappa shape index (κ3) is 3.37. The Kier molecular flexibility index (Phi) is 4.76. The highest BCUT2D eigenvalue weighted by Crippen LogP contribution is 2.31. The Morgan fingerprint density at radius 1 is 1.08 bits per heavy atom. The second-order valence-corrected chi connectivity index (χ2v) is 6.08. The summed E-state index contributed by atoms with van der Waals surface area (Å²) in [7, 11) is 1.54. The minimum absolute atomic E-state index is 0.0616. The molecule has 2 aromatic carbocycles. The van der Waals surface area contributed by atoms with Crippen molar-refractivity contribution in [1.29, 1.82) is 0 Å². The predicted octanol–water partition coefficient (Wildman–Crippen LogP) is 3.43. The molecule has 0 radical (unpaired) electrons. The first-order chi connectivity index (χ1) is 12.0. The average molecular weight is 357 g/mol. The van der Waals surface area contributed by atoms with Crippen molar-refractivity contribution >= 4 is 29.1 Å². The number of carbonyl (C=O) groups excluding carboxylic acids is 2. The number of rotatable bonds is 5. The molecule has 0 atom stereocenters. The molecule has 1 heterocycles. The normalized spacial score (nSPS) is 14.3. The largest absolute Gasteiger partial charge is 0.495 e. The summed E-state index contributed by atoms with van der Waals surface area (Å²) in [6.07, 6.45) is 0. The van der Waals surface area contributed by atoms with Gasteiger partial charge in [0, 0.05) is 0 Å². The molecule has 0 spiro atoms. The highest BCUT2D eigenvalue weighted by Gasteiger charge is 2.38. The van der Waals surface area contributed by atoms with Gasteiger partial charge in [-0.25, -0.2) is 0 Å². The molecule has 0 aromatic heterocycles. The lowest BCUT2D eigenvalue weighted by atomic mass is 10.2. The van der Waals surface area contributed by atoms with E-state index in [4.69, 9.17) is 16.3 Å². The van der Waals surface area contributed by atoms with Gasteiger partial charge in [-0.05, 0) is 30.2 Å². The SMILES string of the molecule is COc1ccc(C)cc1NC1=C(Cl)C(=O)N(Cc2ccccc2)C1=O. The van der Waals surface area contributed by atoms with E-state index in [0.29, 0.717) is 11.4 Å². The van der Waals surface area contributed by atoms with E-state index >= 15 is 0 Å². The third-order valence-electron chi connectivity index (χ3n) is 3.91. The standard InChI is InChI=1S/C19H17ClN2O3/c1-12-8-9-15(25-2)14(10-12)21-17-16(20)18(23)22(19(17)24)11-13-6-4-3-5-7-13/h3-10,21H,11H2,1-2H3. The monoisotopic (exact) mass is 356 g/mol. The van der Waals surface area contributed by atoms with Gasteiger partial charge in [0.05, 0.1) is 19.3 Å². The highest BCUT2D eigenvalue weighted by atomic mass is 35.5. The van der Waals surface area contributed by atoms with Crippen LogP contribution in [0, 0.1) is 6.92 Å². The number of carbonyl (C=O) groups is 2. The quantitative estimate of drug-likeness (QED) is 0.834. The number of benzene rings is 2. The number of hydrogen-bond donors (Lipinski definition) is 1. The molecule has 6 heteroatoms. The first-order valence-electron chi connectivity index (χ1n) is 7.73.